The van der Waals surface area contributed by atoms with E-state index < -0.39 is 15.8 Å². The molecule has 0 aliphatic heterocycles. The molecule has 0 atom stereocenters. The van der Waals surface area contributed by atoms with Crippen LogP contribution >= 0.6 is 35.0 Å². The summed E-state index contributed by atoms with van der Waals surface area (Å²) >= 11 is 13.1. The second kappa shape index (κ2) is 11.2. The molecule has 0 fully saturated rings. The van der Waals surface area contributed by atoms with Crippen LogP contribution in [0, 0.1) is 20.2 Å². The first-order valence-corrected chi connectivity index (χ1v) is 11.7. The van der Waals surface area contributed by atoms with Gasteiger partial charge in [-0.1, -0.05) is 35.3 Å². The zero-order valence-electron chi connectivity index (χ0n) is 18.3. The summed E-state index contributed by atoms with van der Waals surface area (Å²) < 4.78 is 0. The number of hydrogen-bond acceptors (Lipinski definition) is 9. The lowest BCUT2D eigenvalue weighted by atomic mass is 10.2. The molecule has 2 N–H and O–H groups in total. The molecule has 3 aromatic carbocycles. The Morgan fingerprint density at radius 1 is 1.05 bits per heavy atom. The number of rotatable bonds is 8. The van der Waals surface area contributed by atoms with Gasteiger partial charge in [0.2, 0.25) is 5.16 Å². The second-order valence-electron chi connectivity index (χ2n) is 7.18. The molecule has 0 saturated carbocycles. The predicted octanol–water partition coefficient (Wildman–Crippen LogP) is 5.51. The van der Waals surface area contributed by atoms with Crippen molar-refractivity contribution in [1.82, 2.24) is 20.6 Å². The summed E-state index contributed by atoms with van der Waals surface area (Å²) in [6, 6.07) is 14.3. The number of nitrogens with zero attached hydrogens (tertiary/aromatic N) is 5. The van der Waals surface area contributed by atoms with Crippen molar-refractivity contribution in [1.29, 1.82) is 0 Å². The Bertz CT molecular complexity index is 1560. The van der Waals surface area contributed by atoms with Gasteiger partial charge < -0.3 is 0 Å². The number of carbonyl (C=O) groups is 1. The Balaban J connectivity index is 1.48. The van der Waals surface area contributed by atoms with E-state index in [0.29, 0.717) is 27.0 Å². The van der Waals surface area contributed by atoms with Crippen LogP contribution in [-0.4, -0.2) is 37.1 Å². The van der Waals surface area contributed by atoms with Gasteiger partial charge in [0, 0.05) is 39.9 Å². The molecule has 0 aliphatic rings. The van der Waals surface area contributed by atoms with E-state index in [1.165, 1.54) is 36.5 Å². The molecule has 0 unspecified atom stereocenters. The highest BCUT2D eigenvalue weighted by atomic mass is 35.5. The van der Waals surface area contributed by atoms with E-state index in [1.54, 1.807) is 24.3 Å². The maximum atomic E-state index is 12.2. The molecular weight excluding hydrogens is 545 g/mol. The van der Waals surface area contributed by atoms with Crippen LogP contribution in [0.5, 0.6) is 0 Å². The molecule has 1 aromatic heterocycles. The molecule has 0 radical (unpaired) electrons. The zero-order chi connectivity index (χ0) is 26.5. The van der Waals surface area contributed by atoms with Crippen LogP contribution in [0.15, 0.2) is 75.8 Å². The Morgan fingerprint density at radius 2 is 1.86 bits per heavy atom. The van der Waals surface area contributed by atoms with Crippen molar-refractivity contribution in [2.24, 2.45) is 5.10 Å². The van der Waals surface area contributed by atoms with Crippen LogP contribution < -0.4 is 5.43 Å². The SMILES string of the molecule is O=C(N/N=C\c1ccc(Sc2n[nH]c(-c3ccc(Cl)cc3Cl)n2)c([N+](=O)[O-])c1)c1cccc([N+](=O)[O-])c1. The lowest BCUT2D eigenvalue weighted by molar-refractivity contribution is -0.387. The van der Waals surface area contributed by atoms with E-state index in [-0.39, 0.29) is 27.0 Å². The summed E-state index contributed by atoms with van der Waals surface area (Å²) in [4.78, 5) is 38.1. The highest BCUT2D eigenvalue weighted by Crippen LogP contribution is 2.35. The molecule has 12 nitrogen and oxygen atoms in total. The number of hydrazone groups is 1. The first kappa shape index (κ1) is 25.8. The van der Waals surface area contributed by atoms with Crippen LogP contribution in [0.3, 0.4) is 0 Å². The van der Waals surface area contributed by atoms with E-state index in [9.17, 15) is 25.0 Å². The van der Waals surface area contributed by atoms with Gasteiger partial charge in [-0.2, -0.15) is 5.10 Å². The van der Waals surface area contributed by atoms with Gasteiger partial charge in [0.25, 0.3) is 17.3 Å². The molecule has 0 aliphatic carbocycles. The second-order valence-corrected chi connectivity index (χ2v) is 9.04. The molecular formula is C22H13Cl2N7O5S. The third kappa shape index (κ3) is 6.27. The standard InChI is InChI=1S/C22H13Cl2N7O5S/c23-14-5-6-16(17(24)10-14)20-26-22(29-27-20)37-19-7-4-12(8-18(19)31(35)36)11-25-28-21(32)13-2-1-3-15(9-13)30(33)34/h1-11H,(H,28,32)(H,26,27,29)/b25-11-. The third-order valence-electron chi connectivity index (χ3n) is 4.73. The lowest BCUT2D eigenvalue weighted by Crippen LogP contribution is -2.17. The number of nitrogens with one attached hydrogen (secondary N) is 2. The predicted molar refractivity (Wildman–Crippen MR) is 137 cm³/mol. The summed E-state index contributed by atoms with van der Waals surface area (Å²) in [6.07, 6.45) is 1.21. The average molecular weight is 558 g/mol. The van der Waals surface area contributed by atoms with Crippen LogP contribution in [0.2, 0.25) is 10.0 Å². The largest absolute Gasteiger partial charge is 0.283 e. The number of aromatic amines is 1. The topological polar surface area (TPSA) is 169 Å². The first-order valence-electron chi connectivity index (χ1n) is 10.1. The molecule has 186 valence electrons. The van der Waals surface area contributed by atoms with Crippen molar-refractivity contribution in [2.75, 3.05) is 0 Å². The van der Waals surface area contributed by atoms with Crippen LogP contribution in [-0.2, 0) is 0 Å². The molecule has 1 heterocycles. The van der Waals surface area contributed by atoms with Gasteiger partial charge in [-0.25, -0.2) is 10.4 Å². The third-order valence-corrected chi connectivity index (χ3v) is 6.21. The fraction of sp³-hybridized carbons (Fsp3) is 0. The highest BCUT2D eigenvalue weighted by molar-refractivity contribution is 7.99. The molecule has 4 rings (SSSR count). The van der Waals surface area contributed by atoms with Gasteiger partial charge in [-0.05, 0) is 42.1 Å². The molecule has 37 heavy (non-hydrogen) atoms. The minimum absolute atomic E-state index is 0.0369. The monoisotopic (exact) mass is 557 g/mol. The van der Waals surface area contributed by atoms with Crippen LogP contribution in [0.1, 0.15) is 15.9 Å². The van der Waals surface area contributed by atoms with E-state index in [0.717, 1.165) is 17.8 Å². The molecule has 1 amide bonds. The lowest BCUT2D eigenvalue weighted by Gasteiger charge is -2.02. The molecule has 4 aromatic rings. The maximum Gasteiger partial charge on any atom is 0.283 e. The number of H-pyrrole nitrogens is 1. The van der Waals surface area contributed by atoms with Gasteiger partial charge in [-0.15, -0.1) is 5.10 Å². The van der Waals surface area contributed by atoms with Crippen molar-refractivity contribution < 1.29 is 14.6 Å². The van der Waals surface area contributed by atoms with Crippen molar-refractivity contribution in [3.8, 4) is 11.4 Å². The zero-order valence-corrected chi connectivity index (χ0v) is 20.6. The van der Waals surface area contributed by atoms with Gasteiger partial charge in [-0.3, -0.25) is 30.1 Å². The van der Waals surface area contributed by atoms with Crippen molar-refractivity contribution in [3.63, 3.8) is 0 Å². The van der Waals surface area contributed by atoms with Crippen LogP contribution in [0.25, 0.3) is 11.4 Å². The number of benzene rings is 3. The number of carbonyl (C=O) groups excluding carboxylic acids is 1. The summed E-state index contributed by atoms with van der Waals surface area (Å²) in [5, 5.41) is 34.2. The Labute approximate surface area is 222 Å². The number of hydrogen-bond donors (Lipinski definition) is 2. The summed E-state index contributed by atoms with van der Waals surface area (Å²) in [7, 11) is 0. The number of aromatic nitrogens is 3. The quantitative estimate of drug-likeness (QED) is 0.162. The average Bonchev–Trinajstić information content (AvgIpc) is 3.32. The fourth-order valence-corrected chi connectivity index (χ4v) is 4.32. The summed E-state index contributed by atoms with van der Waals surface area (Å²) in [5.74, 6) is -0.308. The minimum atomic E-state index is -0.678. The molecule has 0 saturated heterocycles. The molecule has 15 heteroatoms. The number of nitro benzene ring substituents is 2. The first-order chi connectivity index (χ1) is 17.7. The van der Waals surface area contributed by atoms with Gasteiger partial charge in [0.05, 0.1) is 26.0 Å². The van der Waals surface area contributed by atoms with Gasteiger partial charge in [0.15, 0.2) is 5.82 Å². The van der Waals surface area contributed by atoms with Gasteiger partial charge in [0.1, 0.15) is 0 Å². The van der Waals surface area contributed by atoms with Gasteiger partial charge >= 0.3 is 0 Å². The van der Waals surface area contributed by atoms with E-state index in [4.69, 9.17) is 23.2 Å². The van der Waals surface area contributed by atoms with Crippen molar-refractivity contribution in [2.45, 2.75) is 10.1 Å². The van der Waals surface area contributed by atoms with Crippen molar-refractivity contribution >= 4 is 58.5 Å². The smallest absolute Gasteiger partial charge is 0.267 e. The molecule has 0 bridgehead atoms. The number of amides is 1. The number of non-ortho nitro benzene ring substituents is 1. The van der Waals surface area contributed by atoms with E-state index in [1.807, 2.05) is 0 Å². The van der Waals surface area contributed by atoms with E-state index in [2.05, 4.69) is 25.7 Å². The fourth-order valence-electron chi connectivity index (χ4n) is 3.03. The molecule has 0 spiro atoms. The maximum absolute atomic E-state index is 12.2. The highest BCUT2D eigenvalue weighted by Gasteiger charge is 2.19. The van der Waals surface area contributed by atoms with Crippen molar-refractivity contribution in [3.05, 3.63) is 102 Å². The number of nitro groups is 2. The normalized spacial score (nSPS) is 11.0. The van der Waals surface area contributed by atoms with Crippen LogP contribution in [0.4, 0.5) is 11.4 Å². The Kier molecular flexibility index (Phi) is 7.77. The Hall–Kier alpha value is -4.33. The minimum Gasteiger partial charge on any atom is -0.267 e. The number of halogens is 2. The Morgan fingerprint density at radius 3 is 2.59 bits per heavy atom. The summed E-state index contributed by atoms with van der Waals surface area (Å²) in [6.45, 7) is 0. The van der Waals surface area contributed by atoms with E-state index >= 15 is 0 Å². The summed E-state index contributed by atoms with van der Waals surface area (Å²) in [5.41, 5.74) is 2.70.